The van der Waals surface area contributed by atoms with Gasteiger partial charge in [-0.1, -0.05) is 20.8 Å². The van der Waals surface area contributed by atoms with E-state index in [-0.39, 0.29) is 23.8 Å². The van der Waals surface area contributed by atoms with Crippen molar-refractivity contribution in [2.24, 2.45) is 17.1 Å². The number of hydrogen-bond donors (Lipinski definition) is 2. The molecule has 0 saturated carbocycles. The molecule has 5 heteroatoms. The lowest BCUT2D eigenvalue weighted by Crippen LogP contribution is -2.46. The van der Waals surface area contributed by atoms with E-state index in [4.69, 9.17) is 10.8 Å². The van der Waals surface area contributed by atoms with E-state index in [1.54, 1.807) is 0 Å². The molecule has 18 heavy (non-hydrogen) atoms. The first-order valence-corrected chi connectivity index (χ1v) is 6.49. The molecular weight excluding hydrogens is 232 g/mol. The molecule has 104 valence electrons. The maximum Gasteiger partial charge on any atom is 0.326 e. The van der Waals surface area contributed by atoms with Gasteiger partial charge in [-0.2, -0.15) is 0 Å². The number of carbonyl (C=O) groups excluding carboxylic acids is 1. The van der Waals surface area contributed by atoms with Crippen LogP contribution in [0.2, 0.25) is 0 Å². The van der Waals surface area contributed by atoms with Gasteiger partial charge in [-0.05, 0) is 24.7 Å². The summed E-state index contributed by atoms with van der Waals surface area (Å²) in [5, 5.41) is 9.09. The Morgan fingerprint density at radius 3 is 2.50 bits per heavy atom. The number of likely N-dealkylation sites (tertiary alicyclic amines) is 1. The third-order valence-corrected chi connectivity index (χ3v) is 3.31. The van der Waals surface area contributed by atoms with Crippen LogP contribution in [0.25, 0.3) is 0 Å². The van der Waals surface area contributed by atoms with Gasteiger partial charge in [-0.25, -0.2) is 4.79 Å². The first-order chi connectivity index (χ1) is 8.26. The van der Waals surface area contributed by atoms with Crippen molar-refractivity contribution in [1.29, 1.82) is 0 Å². The Kier molecular flexibility index (Phi) is 4.73. The second kappa shape index (κ2) is 5.69. The molecule has 0 spiro atoms. The minimum Gasteiger partial charge on any atom is -0.480 e. The SMILES string of the molecule is CC(C)(C)CC(CN)C(=O)N1CCC[C@H]1C(=O)O. The number of amides is 1. The number of rotatable bonds is 4. The van der Waals surface area contributed by atoms with Gasteiger partial charge in [0, 0.05) is 13.1 Å². The molecule has 1 aliphatic rings. The van der Waals surface area contributed by atoms with Gasteiger partial charge in [-0.3, -0.25) is 4.79 Å². The molecule has 1 heterocycles. The first-order valence-electron chi connectivity index (χ1n) is 6.49. The topological polar surface area (TPSA) is 83.6 Å². The largest absolute Gasteiger partial charge is 0.480 e. The van der Waals surface area contributed by atoms with Gasteiger partial charge in [0.15, 0.2) is 0 Å². The molecule has 1 rings (SSSR count). The Morgan fingerprint density at radius 1 is 1.44 bits per heavy atom. The van der Waals surface area contributed by atoms with Crippen LogP contribution in [-0.4, -0.2) is 41.0 Å². The summed E-state index contributed by atoms with van der Waals surface area (Å²) in [5.74, 6) is -1.28. The van der Waals surface area contributed by atoms with Crippen LogP contribution in [0.15, 0.2) is 0 Å². The molecule has 1 unspecified atom stereocenters. The molecule has 0 aromatic heterocycles. The Bertz CT molecular complexity index is 323. The van der Waals surface area contributed by atoms with Crippen LogP contribution < -0.4 is 5.73 Å². The van der Waals surface area contributed by atoms with E-state index in [9.17, 15) is 9.59 Å². The molecule has 5 nitrogen and oxygen atoms in total. The summed E-state index contributed by atoms with van der Waals surface area (Å²) in [7, 11) is 0. The number of aliphatic carboxylic acids is 1. The minimum absolute atomic E-state index is 0.0120. The van der Waals surface area contributed by atoms with Crippen LogP contribution in [-0.2, 0) is 9.59 Å². The van der Waals surface area contributed by atoms with Crippen molar-refractivity contribution in [3.8, 4) is 0 Å². The average molecular weight is 256 g/mol. The molecule has 2 atom stereocenters. The summed E-state index contributed by atoms with van der Waals surface area (Å²) in [6, 6.07) is -0.661. The predicted octanol–water partition coefficient (Wildman–Crippen LogP) is 1.07. The van der Waals surface area contributed by atoms with Gasteiger partial charge >= 0.3 is 5.97 Å². The molecule has 1 amide bonds. The van der Waals surface area contributed by atoms with Crippen LogP contribution in [0.5, 0.6) is 0 Å². The molecule has 1 fully saturated rings. The van der Waals surface area contributed by atoms with E-state index in [0.29, 0.717) is 19.4 Å². The van der Waals surface area contributed by atoms with E-state index >= 15 is 0 Å². The lowest BCUT2D eigenvalue weighted by molar-refractivity contribution is -0.150. The molecule has 0 aliphatic carbocycles. The van der Waals surface area contributed by atoms with Crippen molar-refractivity contribution in [3.05, 3.63) is 0 Å². The minimum atomic E-state index is -0.910. The van der Waals surface area contributed by atoms with Gasteiger partial charge < -0.3 is 15.7 Å². The summed E-state index contributed by atoms with van der Waals surface area (Å²) in [6.07, 6.45) is 1.99. The van der Waals surface area contributed by atoms with Crippen molar-refractivity contribution in [2.75, 3.05) is 13.1 Å². The van der Waals surface area contributed by atoms with Crippen LogP contribution in [0, 0.1) is 11.3 Å². The predicted molar refractivity (Wildman–Crippen MR) is 69.0 cm³/mol. The van der Waals surface area contributed by atoms with E-state index in [0.717, 1.165) is 6.42 Å². The molecular formula is C13H24N2O3. The zero-order valence-corrected chi connectivity index (χ0v) is 11.5. The molecule has 1 aliphatic heterocycles. The van der Waals surface area contributed by atoms with Crippen LogP contribution >= 0.6 is 0 Å². The van der Waals surface area contributed by atoms with Crippen LogP contribution in [0.3, 0.4) is 0 Å². The monoisotopic (exact) mass is 256 g/mol. The highest BCUT2D eigenvalue weighted by atomic mass is 16.4. The quantitative estimate of drug-likeness (QED) is 0.788. The average Bonchev–Trinajstić information content (AvgIpc) is 2.72. The zero-order valence-electron chi connectivity index (χ0n) is 11.5. The molecule has 0 aromatic rings. The number of nitrogens with two attached hydrogens (primary N) is 1. The third-order valence-electron chi connectivity index (χ3n) is 3.31. The fourth-order valence-corrected chi connectivity index (χ4v) is 2.53. The molecule has 3 N–H and O–H groups in total. The Balaban J connectivity index is 2.74. The Morgan fingerprint density at radius 2 is 2.06 bits per heavy atom. The summed E-state index contributed by atoms with van der Waals surface area (Å²) in [5.41, 5.74) is 5.69. The van der Waals surface area contributed by atoms with Crippen molar-refractivity contribution < 1.29 is 14.7 Å². The van der Waals surface area contributed by atoms with E-state index in [2.05, 4.69) is 20.8 Å². The van der Waals surface area contributed by atoms with E-state index in [1.807, 2.05) is 0 Å². The van der Waals surface area contributed by atoms with Crippen molar-refractivity contribution in [1.82, 2.24) is 4.90 Å². The normalized spacial score (nSPS) is 22.0. The smallest absolute Gasteiger partial charge is 0.326 e. The molecule has 0 radical (unpaired) electrons. The summed E-state index contributed by atoms with van der Waals surface area (Å²) in [4.78, 5) is 24.9. The number of hydrogen-bond acceptors (Lipinski definition) is 3. The number of carbonyl (C=O) groups is 2. The van der Waals surface area contributed by atoms with Gasteiger partial charge in [0.2, 0.25) is 5.91 Å². The zero-order chi connectivity index (χ0) is 13.9. The van der Waals surface area contributed by atoms with Crippen molar-refractivity contribution in [3.63, 3.8) is 0 Å². The maximum absolute atomic E-state index is 12.4. The highest BCUT2D eigenvalue weighted by Crippen LogP contribution is 2.27. The van der Waals surface area contributed by atoms with Crippen molar-refractivity contribution >= 4 is 11.9 Å². The van der Waals surface area contributed by atoms with Crippen LogP contribution in [0.1, 0.15) is 40.0 Å². The molecule has 1 saturated heterocycles. The fourth-order valence-electron chi connectivity index (χ4n) is 2.53. The Labute approximate surface area is 108 Å². The van der Waals surface area contributed by atoms with E-state index < -0.39 is 12.0 Å². The third kappa shape index (κ3) is 3.70. The standard InChI is InChI=1S/C13H24N2O3/c1-13(2,3)7-9(8-14)11(16)15-6-4-5-10(15)12(17)18/h9-10H,4-8,14H2,1-3H3,(H,17,18)/t9?,10-/m0/s1. The number of carboxylic acid groups (broad SMARTS) is 1. The summed E-state index contributed by atoms with van der Waals surface area (Å²) in [6.45, 7) is 6.99. The number of carboxylic acids is 1. The van der Waals surface area contributed by atoms with Gasteiger partial charge in [0.25, 0.3) is 0 Å². The van der Waals surface area contributed by atoms with Gasteiger partial charge in [0.05, 0.1) is 5.92 Å². The lowest BCUT2D eigenvalue weighted by atomic mass is 9.84. The fraction of sp³-hybridized carbons (Fsp3) is 0.846. The van der Waals surface area contributed by atoms with Gasteiger partial charge in [-0.15, -0.1) is 0 Å². The highest BCUT2D eigenvalue weighted by molar-refractivity contribution is 5.85. The van der Waals surface area contributed by atoms with E-state index in [1.165, 1.54) is 4.90 Å². The second-order valence-electron chi connectivity index (χ2n) is 6.23. The lowest BCUT2D eigenvalue weighted by Gasteiger charge is -2.29. The Hall–Kier alpha value is -1.10. The van der Waals surface area contributed by atoms with Gasteiger partial charge in [0.1, 0.15) is 6.04 Å². The van der Waals surface area contributed by atoms with Crippen LogP contribution in [0.4, 0.5) is 0 Å². The number of nitrogens with zero attached hydrogens (tertiary/aromatic N) is 1. The maximum atomic E-state index is 12.4. The second-order valence-corrected chi connectivity index (χ2v) is 6.23. The highest BCUT2D eigenvalue weighted by Gasteiger charge is 2.37. The molecule has 0 bridgehead atoms. The first kappa shape index (κ1) is 15.0. The van der Waals surface area contributed by atoms with Crippen molar-refractivity contribution in [2.45, 2.75) is 46.1 Å². The summed E-state index contributed by atoms with van der Waals surface area (Å²) < 4.78 is 0. The summed E-state index contributed by atoms with van der Waals surface area (Å²) >= 11 is 0. The molecule has 0 aromatic carbocycles.